The van der Waals surface area contributed by atoms with Crippen LogP contribution in [0.1, 0.15) is 38.5 Å². The zero-order valence-corrected chi connectivity index (χ0v) is 21.9. The molecule has 1 N–H and O–H groups in total. The Morgan fingerprint density at radius 2 is 1.14 bits per heavy atom. The minimum Gasteiger partial charge on any atom is -0.308 e. The van der Waals surface area contributed by atoms with Crippen molar-refractivity contribution in [2.24, 2.45) is 0 Å². The van der Waals surface area contributed by atoms with Crippen LogP contribution >= 0.6 is 10.7 Å². The molecule has 0 radical (unpaired) electrons. The molecule has 2 aromatic carbocycles. The van der Waals surface area contributed by atoms with E-state index in [1.165, 1.54) is 47.8 Å². The Morgan fingerprint density at radius 3 is 1.46 bits per heavy atom. The molecule has 4 atom stereocenters. The van der Waals surface area contributed by atoms with E-state index in [0.29, 0.717) is 0 Å². The summed E-state index contributed by atoms with van der Waals surface area (Å²) in [5, 5.41) is 24.1. The number of nitro benzene ring substituents is 2. The molecule has 0 bridgehead atoms. The Hall–Kier alpha value is -2.65. The van der Waals surface area contributed by atoms with Crippen molar-refractivity contribution in [3.05, 3.63) is 68.8 Å². The number of sulfonamides is 1. The first kappa shape index (κ1) is 27.4. The van der Waals surface area contributed by atoms with E-state index in [1.807, 2.05) is 0 Å². The van der Waals surface area contributed by atoms with Gasteiger partial charge in [-0.15, -0.1) is 0 Å². The second-order valence-corrected chi connectivity index (χ2v) is 13.6. The highest BCUT2D eigenvalue weighted by Gasteiger charge is 2.57. The van der Waals surface area contributed by atoms with Gasteiger partial charge in [-0.05, 0) is 49.9 Å². The summed E-state index contributed by atoms with van der Waals surface area (Å²) in [7, 11) is -2.26. The molecule has 4 fully saturated rings. The number of halogens is 1. The fourth-order valence-electron chi connectivity index (χ4n) is 4.78. The van der Waals surface area contributed by atoms with Crippen molar-refractivity contribution < 1.29 is 26.7 Å². The lowest BCUT2D eigenvalue weighted by molar-refractivity contribution is -0.385. The molecular weight excluding hydrogens is 548 g/mol. The number of hydrogen-bond acceptors (Lipinski definition) is 9. The number of fused-ring (bicyclic) bond motifs is 2. The summed E-state index contributed by atoms with van der Waals surface area (Å²) in [4.78, 5) is 19.5. The normalized spacial score (nSPS) is 26.9. The van der Waals surface area contributed by atoms with E-state index in [2.05, 4.69) is 5.32 Å². The number of nitrogens with zero attached hydrogens (tertiary/aromatic N) is 3. The molecule has 0 amide bonds. The maximum absolute atomic E-state index is 12.2. The van der Waals surface area contributed by atoms with Gasteiger partial charge in [0.1, 0.15) is 0 Å². The van der Waals surface area contributed by atoms with E-state index in [1.54, 1.807) is 0 Å². The van der Waals surface area contributed by atoms with Crippen LogP contribution < -0.4 is 5.32 Å². The molecule has 0 spiro atoms. The van der Waals surface area contributed by atoms with Crippen molar-refractivity contribution >= 4 is 41.1 Å². The molecule has 12 nitrogen and oxygen atoms in total. The Balaban J connectivity index is 0.000000146. The first-order valence-corrected chi connectivity index (χ1v) is 15.4. The molecule has 6 rings (SSSR count). The third-order valence-electron chi connectivity index (χ3n) is 6.79. The summed E-state index contributed by atoms with van der Waals surface area (Å²) in [6.07, 6.45) is 7.31. The van der Waals surface area contributed by atoms with Gasteiger partial charge >= 0.3 is 0 Å². The lowest BCUT2D eigenvalue weighted by atomic mass is 10.3. The number of hydrogen-bond donors (Lipinski definition) is 1. The molecule has 2 saturated heterocycles. The predicted molar refractivity (Wildman–Crippen MR) is 134 cm³/mol. The van der Waals surface area contributed by atoms with Crippen molar-refractivity contribution in [2.45, 2.75) is 72.5 Å². The summed E-state index contributed by atoms with van der Waals surface area (Å²) >= 11 is 0. The van der Waals surface area contributed by atoms with Gasteiger partial charge in [-0.3, -0.25) is 20.2 Å². The maximum Gasteiger partial charge on any atom is 0.269 e. The third kappa shape index (κ3) is 6.44. The molecular formula is C22H25ClN4O8S2. The van der Waals surface area contributed by atoms with Gasteiger partial charge in [-0.2, -0.15) is 4.31 Å². The zero-order valence-electron chi connectivity index (χ0n) is 19.5. The fourth-order valence-corrected chi connectivity index (χ4v) is 7.42. The van der Waals surface area contributed by atoms with Crippen molar-refractivity contribution in [3.63, 3.8) is 0 Å². The maximum atomic E-state index is 12.2. The number of nitrogens with one attached hydrogen (secondary N) is 1. The summed E-state index contributed by atoms with van der Waals surface area (Å²) < 4.78 is 47.4. The minimum absolute atomic E-state index is 0.0973. The molecule has 4 aliphatic rings. The van der Waals surface area contributed by atoms with Crippen molar-refractivity contribution in [3.8, 4) is 0 Å². The van der Waals surface area contributed by atoms with Gasteiger partial charge in [-0.25, -0.2) is 16.8 Å². The number of non-ortho nitro benzene ring substituents is 2. The van der Waals surface area contributed by atoms with E-state index in [4.69, 9.17) is 10.7 Å². The van der Waals surface area contributed by atoms with Gasteiger partial charge in [0.15, 0.2) is 0 Å². The third-order valence-corrected chi connectivity index (χ3v) is 10.1. The first-order valence-electron chi connectivity index (χ1n) is 11.6. The average Bonchev–Trinajstić information content (AvgIpc) is 3.65. The number of benzene rings is 2. The van der Waals surface area contributed by atoms with Crippen molar-refractivity contribution in [1.29, 1.82) is 0 Å². The van der Waals surface area contributed by atoms with Crippen molar-refractivity contribution in [1.82, 2.24) is 9.62 Å². The largest absolute Gasteiger partial charge is 0.308 e. The van der Waals surface area contributed by atoms with Crippen LogP contribution in [-0.4, -0.2) is 55.2 Å². The van der Waals surface area contributed by atoms with Gasteiger partial charge in [0.2, 0.25) is 10.0 Å². The van der Waals surface area contributed by atoms with Crippen LogP contribution in [0.15, 0.2) is 58.3 Å². The van der Waals surface area contributed by atoms with E-state index in [0.717, 1.165) is 55.6 Å². The molecule has 0 aromatic heterocycles. The second kappa shape index (κ2) is 10.6. The summed E-state index contributed by atoms with van der Waals surface area (Å²) in [6, 6.07) is 11.6. The average molecular weight is 573 g/mol. The molecule has 2 aromatic rings. The predicted octanol–water partition coefficient (Wildman–Crippen LogP) is 3.55. The van der Waals surface area contributed by atoms with Gasteiger partial charge < -0.3 is 5.32 Å². The molecule has 15 heteroatoms. The highest BCUT2D eigenvalue weighted by molar-refractivity contribution is 8.13. The fraction of sp³-hybridized carbons (Fsp3) is 0.455. The molecule has 2 heterocycles. The van der Waals surface area contributed by atoms with Gasteiger partial charge in [0, 0.05) is 59.1 Å². The van der Waals surface area contributed by atoms with Gasteiger partial charge in [-0.1, -0.05) is 12.8 Å². The summed E-state index contributed by atoms with van der Waals surface area (Å²) in [5.41, 5.74) is -0.274. The van der Waals surface area contributed by atoms with Gasteiger partial charge in [0.25, 0.3) is 20.4 Å². The number of rotatable bonds is 5. The zero-order chi connectivity index (χ0) is 27.0. The standard InChI is InChI=1S/C11H12N2O4S.C6H4ClNO4S.C5H9N/c14-13(15)8-4-6-9(7-5-8)18(16,17)12-10-2-1-3-11(10)12;7-13(11,12)6-3-1-5(2-4-6)8(9)10;1-2-4-5(3-1)6-4/h4-7,10-11H,1-3H2;1-4H;4-6H,1-3H2. The van der Waals surface area contributed by atoms with Crippen LogP contribution in [0, 0.1) is 20.2 Å². The quantitative estimate of drug-likeness (QED) is 0.242. The highest BCUT2D eigenvalue weighted by Crippen LogP contribution is 2.46. The smallest absolute Gasteiger partial charge is 0.269 e. The van der Waals surface area contributed by atoms with Crippen LogP contribution in [0.5, 0.6) is 0 Å². The van der Waals surface area contributed by atoms with Crippen molar-refractivity contribution in [2.75, 3.05) is 0 Å². The Bertz CT molecular complexity index is 1370. The summed E-state index contributed by atoms with van der Waals surface area (Å²) in [6.45, 7) is 0. The Labute approximate surface area is 218 Å². The molecule has 200 valence electrons. The lowest BCUT2D eigenvalue weighted by Gasteiger charge is -2.08. The Kier molecular flexibility index (Phi) is 7.85. The van der Waals surface area contributed by atoms with Crippen LogP contribution in [0.2, 0.25) is 0 Å². The SMILES string of the molecule is C1CC2NC2C1.O=[N+]([O-])c1ccc(S(=O)(=O)Cl)cc1.O=[N+]([O-])c1ccc(S(=O)(=O)N2C3CCCC32)cc1. The topological polar surface area (TPSA) is 180 Å². The van der Waals surface area contributed by atoms with Gasteiger partial charge in [0.05, 0.1) is 19.6 Å². The monoisotopic (exact) mass is 572 g/mol. The number of piperidine rings is 2. The minimum atomic E-state index is -3.80. The second-order valence-electron chi connectivity index (χ2n) is 9.15. The lowest BCUT2D eigenvalue weighted by Crippen LogP contribution is -2.17. The molecule has 37 heavy (non-hydrogen) atoms. The molecule has 2 aliphatic heterocycles. The highest BCUT2D eigenvalue weighted by atomic mass is 35.7. The molecule has 4 unspecified atom stereocenters. The summed E-state index contributed by atoms with van der Waals surface area (Å²) in [5.74, 6) is 0. The molecule has 2 aliphatic carbocycles. The van der Waals surface area contributed by atoms with Crippen LogP contribution in [0.4, 0.5) is 11.4 Å². The van der Waals surface area contributed by atoms with E-state index >= 15 is 0 Å². The Morgan fingerprint density at radius 1 is 0.730 bits per heavy atom. The van der Waals surface area contributed by atoms with Crippen LogP contribution in [-0.2, 0) is 19.1 Å². The van der Waals surface area contributed by atoms with E-state index in [-0.39, 0.29) is 33.2 Å². The molecule has 2 saturated carbocycles. The van der Waals surface area contributed by atoms with E-state index < -0.39 is 28.9 Å². The van der Waals surface area contributed by atoms with Crippen LogP contribution in [0.25, 0.3) is 0 Å². The van der Waals surface area contributed by atoms with E-state index in [9.17, 15) is 37.1 Å². The number of nitro groups is 2. The van der Waals surface area contributed by atoms with Crippen LogP contribution in [0.3, 0.4) is 0 Å². The first-order chi connectivity index (χ1) is 17.4.